The molecular weight excluding hydrogens is 601 g/mol. The van der Waals surface area contributed by atoms with E-state index in [-0.39, 0.29) is 31.1 Å². The van der Waals surface area contributed by atoms with Gasteiger partial charge in [0.2, 0.25) is 9.84 Å². The van der Waals surface area contributed by atoms with E-state index in [1.54, 1.807) is 18.2 Å². The van der Waals surface area contributed by atoms with Gasteiger partial charge in [0, 0.05) is 27.7 Å². The third kappa shape index (κ3) is 4.86. The highest BCUT2D eigenvalue weighted by Crippen LogP contribution is 2.44. The van der Waals surface area contributed by atoms with E-state index in [0.717, 1.165) is 35.4 Å². The second-order valence-electron chi connectivity index (χ2n) is 8.45. The maximum atomic E-state index is 13.3. The molecule has 40 heavy (non-hydrogen) atoms. The number of ketones is 1. The van der Waals surface area contributed by atoms with Crippen LogP contribution in [0.25, 0.3) is 5.76 Å². The highest BCUT2D eigenvalue weighted by molar-refractivity contribution is 7.93. The van der Waals surface area contributed by atoms with Gasteiger partial charge in [0.05, 0.1) is 27.6 Å². The summed E-state index contributed by atoms with van der Waals surface area (Å²) >= 11 is 12.8. The summed E-state index contributed by atoms with van der Waals surface area (Å²) < 4.78 is 26.2. The number of thiazole rings is 1. The quantitative estimate of drug-likeness (QED) is 0.0938. The molecule has 0 unspecified atom stereocenters. The van der Waals surface area contributed by atoms with Crippen LogP contribution in [0.2, 0.25) is 10.0 Å². The molecular formula is C26H15Cl2N3O7S2. The van der Waals surface area contributed by atoms with Crippen molar-refractivity contribution in [2.45, 2.75) is 15.1 Å². The SMILES string of the molecule is O=C1C(=O)N(c2ncc(S(=O)(=O)c3ccc([N+](=O)[O-])cc3)s2)[C@@H](c2cccc(Cl)c2)C1=C(O)c1ccc(Cl)cc1. The number of anilines is 1. The van der Waals surface area contributed by atoms with E-state index < -0.39 is 38.3 Å². The molecule has 4 aromatic rings. The largest absolute Gasteiger partial charge is 0.507 e. The Labute approximate surface area is 240 Å². The van der Waals surface area contributed by atoms with Crippen LogP contribution in [0.5, 0.6) is 0 Å². The van der Waals surface area contributed by atoms with Crippen LogP contribution in [0, 0.1) is 10.1 Å². The van der Waals surface area contributed by atoms with E-state index in [1.807, 2.05) is 0 Å². The zero-order valence-corrected chi connectivity index (χ0v) is 23.0. The van der Waals surface area contributed by atoms with Crippen molar-refractivity contribution in [3.63, 3.8) is 0 Å². The van der Waals surface area contributed by atoms with E-state index in [0.29, 0.717) is 26.9 Å². The summed E-state index contributed by atoms with van der Waals surface area (Å²) in [5.74, 6) is -2.50. The number of hydrogen-bond donors (Lipinski definition) is 1. The lowest BCUT2D eigenvalue weighted by atomic mass is 9.95. The molecule has 5 rings (SSSR count). The average molecular weight is 616 g/mol. The molecule has 1 atom stereocenters. The summed E-state index contributed by atoms with van der Waals surface area (Å²) in [6, 6.07) is 15.4. The summed E-state index contributed by atoms with van der Waals surface area (Å²) in [4.78, 5) is 41.8. The monoisotopic (exact) mass is 615 g/mol. The van der Waals surface area contributed by atoms with Crippen LogP contribution in [0.15, 0.2) is 93.7 Å². The standard InChI is InChI=1S/C26H15Cl2N3O7S2/c27-16-6-4-14(5-7-16)23(32)21-22(15-2-1-3-17(28)12-15)30(25(34)24(21)33)26-29-13-20(39-26)40(37,38)19-10-8-18(9-11-19)31(35)36/h1-13,22,32H/t22-/m0/s1. The molecule has 1 saturated heterocycles. The van der Waals surface area contributed by atoms with Gasteiger partial charge in [0.25, 0.3) is 11.5 Å². The van der Waals surface area contributed by atoms with Gasteiger partial charge in [-0.1, -0.05) is 46.7 Å². The molecule has 14 heteroatoms. The number of nitro groups is 1. The first-order chi connectivity index (χ1) is 19.0. The Bertz CT molecular complexity index is 1820. The summed E-state index contributed by atoms with van der Waals surface area (Å²) in [6.45, 7) is 0. The number of carbonyl (C=O) groups excluding carboxylic acids is 2. The van der Waals surface area contributed by atoms with Crippen LogP contribution in [0.4, 0.5) is 10.8 Å². The lowest BCUT2D eigenvalue weighted by molar-refractivity contribution is -0.384. The first kappa shape index (κ1) is 27.5. The first-order valence-electron chi connectivity index (χ1n) is 11.3. The Hall–Kier alpha value is -4.10. The van der Waals surface area contributed by atoms with E-state index in [1.165, 1.54) is 30.3 Å². The zero-order chi connectivity index (χ0) is 28.8. The minimum atomic E-state index is -4.17. The van der Waals surface area contributed by atoms with Gasteiger partial charge in [-0.25, -0.2) is 13.4 Å². The topological polar surface area (TPSA) is 148 Å². The van der Waals surface area contributed by atoms with Crippen molar-refractivity contribution in [1.29, 1.82) is 0 Å². The smallest absolute Gasteiger partial charge is 0.301 e. The maximum Gasteiger partial charge on any atom is 0.301 e. The highest BCUT2D eigenvalue weighted by atomic mass is 35.5. The predicted octanol–water partition coefficient (Wildman–Crippen LogP) is 5.82. The van der Waals surface area contributed by atoms with Crippen LogP contribution in [-0.2, 0) is 19.4 Å². The number of nitrogens with zero attached hydrogens (tertiary/aromatic N) is 3. The fourth-order valence-corrected chi connectivity index (χ4v) is 7.01. The van der Waals surface area contributed by atoms with Crippen molar-refractivity contribution in [1.82, 2.24) is 4.98 Å². The van der Waals surface area contributed by atoms with Gasteiger partial charge in [-0.3, -0.25) is 24.6 Å². The number of aromatic nitrogens is 1. The van der Waals surface area contributed by atoms with Crippen LogP contribution in [0.3, 0.4) is 0 Å². The molecule has 1 amide bonds. The number of amides is 1. The van der Waals surface area contributed by atoms with Crippen molar-refractivity contribution >= 4 is 72.6 Å². The average Bonchev–Trinajstić information content (AvgIpc) is 3.52. The Balaban J connectivity index is 1.62. The Kier molecular flexibility index (Phi) is 7.19. The lowest BCUT2D eigenvalue weighted by Crippen LogP contribution is -2.29. The fraction of sp³-hybridized carbons (Fsp3) is 0.0385. The Morgan fingerprint density at radius 3 is 2.30 bits per heavy atom. The number of aliphatic hydroxyl groups is 1. The number of aliphatic hydroxyl groups excluding tert-OH is 1. The molecule has 1 N–H and O–H groups in total. The molecule has 2 heterocycles. The number of benzene rings is 3. The summed E-state index contributed by atoms with van der Waals surface area (Å²) in [5, 5.41) is 22.7. The molecule has 1 aliphatic heterocycles. The highest BCUT2D eigenvalue weighted by Gasteiger charge is 2.48. The second kappa shape index (κ2) is 10.5. The lowest BCUT2D eigenvalue weighted by Gasteiger charge is -2.23. The van der Waals surface area contributed by atoms with Gasteiger partial charge < -0.3 is 5.11 Å². The molecule has 0 spiro atoms. The first-order valence-corrected chi connectivity index (χ1v) is 14.3. The maximum absolute atomic E-state index is 13.3. The van der Waals surface area contributed by atoms with Crippen LogP contribution >= 0.6 is 34.5 Å². The molecule has 0 bridgehead atoms. The number of Topliss-reactive ketones (excluding diaryl/α,β-unsaturated/α-hetero) is 1. The Morgan fingerprint density at radius 2 is 1.68 bits per heavy atom. The van der Waals surface area contributed by atoms with Gasteiger partial charge in [-0.2, -0.15) is 0 Å². The van der Waals surface area contributed by atoms with E-state index >= 15 is 0 Å². The summed E-state index contributed by atoms with van der Waals surface area (Å²) in [7, 11) is -4.17. The number of non-ortho nitro benzene ring substituents is 1. The Morgan fingerprint density at radius 1 is 1.00 bits per heavy atom. The minimum absolute atomic E-state index is 0.122. The minimum Gasteiger partial charge on any atom is -0.507 e. The molecule has 3 aromatic carbocycles. The second-order valence-corrected chi connectivity index (χ2v) is 12.5. The predicted molar refractivity (Wildman–Crippen MR) is 148 cm³/mol. The molecule has 0 saturated carbocycles. The number of carbonyl (C=O) groups is 2. The van der Waals surface area contributed by atoms with Gasteiger partial charge in [0.1, 0.15) is 9.97 Å². The van der Waals surface area contributed by atoms with Crippen LogP contribution in [-0.4, -0.2) is 35.1 Å². The molecule has 1 aromatic heterocycles. The number of hydrogen-bond acceptors (Lipinski definition) is 9. The zero-order valence-electron chi connectivity index (χ0n) is 19.9. The van der Waals surface area contributed by atoms with Crippen molar-refractivity contribution in [3.05, 3.63) is 116 Å². The fourth-order valence-electron chi connectivity index (χ4n) is 4.13. The van der Waals surface area contributed by atoms with Crippen molar-refractivity contribution in [3.8, 4) is 0 Å². The van der Waals surface area contributed by atoms with Gasteiger partial charge in [-0.15, -0.1) is 0 Å². The van der Waals surface area contributed by atoms with Gasteiger partial charge in [-0.05, 0) is 54.1 Å². The van der Waals surface area contributed by atoms with Crippen molar-refractivity contribution in [2.24, 2.45) is 0 Å². The van der Waals surface area contributed by atoms with E-state index in [4.69, 9.17) is 23.2 Å². The van der Waals surface area contributed by atoms with Gasteiger partial charge >= 0.3 is 5.91 Å². The van der Waals surface area contributed by atoms with Crippen molar-refractivity contribution in [2.75, 3.05) is 4.90 Å². The van der Waals surface area contributed by atoms with E-state index in [9.17, 15) is 33.2 Å². The summed E-state index contributed by atoms with van der Waals surface area (Å²) in [5.41, 5.74) is 0.0751. The number of rotatable bonds is 6. The molecule has 1 fully saturated rings. The molecule has 1 aliphatic rings. The molecule has 0 radical (unpaired) electrons. The third-order valence-corrected chi connectivity index (χ3v) is 9.74. The van der Waals surface area contributed by atoms with Crippen LogP contribution in [0.1, 0.15) is 17.2 Å². The number of nitro benzene ring substituents is 1. The number of halogens is 2. The van der Waals surface area contributed by atoms with Crippen LogP contribution < -0.4 is 4.90 Å². The van der Waals surface area contributed by atoms with Crippen molar-refractivity contribution < 1.29 is 28.0 Å². The van der Waals surface area contributed by atoms with E-state index in [2.05, 4.69) is 4.98 Å². The normalized spacial score (nSPS) is 16.9. The van der Waals surface area contributed by atoms with Gasteiger partial charge in [0.15, 0.2) is 5.13 Å². The molecule has 0 aliphatic carbocycles. The summed E-state index contributed by atoms with van der Waals surface area (Å²) in [6.07, 6.45) is 1.03. The molecule has 10 nitrogen and oxygen atoms in total. The third-order valence-electron chi connectivity index (χ3n) is 6.03. The molecule has 202 valence electrons. The number of sulfone groups is 1.